The number of benzene rings is 1. The molecule has 0 amide bonds. The van der Waals surface area contributed by atoms with Crippen LogP contribution in [0.25, 0.3) is 0 Å². The van der Waals surface area contributed by atoms with Crippen LogP contribution in [-0.4, -0.2) is 17.0 Å². The van der Waals surface area contributed by atoms with Gasteiger partial charge in [-0.3, -0.25) is 0 Å². The Labute approximate surface area is 101 Å². The lowest BCUT2D eigenvalue weighted by Gasteiger charge is -2.09. The lowest BCUT2D eigenvalue weighted by atomic mass is 10.1. The minimum atomic E-state index is -0.278. The lowest BCUT2D eigenvalue weighted by Crippen LogP contribution is -2.09. The van der Waals surface area contributed by atoms with Crippen LogP contribution in [0.2, 0.25) is 0 Å². The summed E-state index contributed by atoms with van der Waals surface area (Å²) in [4.78, 5) is 0.884. The van der Waals surface area contributed by atoms with Crippen molar-refractivity contribution in [2.75, 3.05) is 5.75 Å². The average molecular weight is 242 g/mol. The molecule has 0 fully saturated rings. The van der Waals surface area contributed by atoms with E-state index < -0.39 is 0 Å². The Kier molecular flexibility index (Phi) is 6.50. The zero-order valence-electron chi connectivity index (χ0n) is 9.66. The van der Waals surface area contributed by atoms with E-state index in [1.54, 1.807) is 6.07 Å². The van der Waals surface area contributed by atoms with Gasteiger partial charge in [0.1, 0.15) is 5.82 Å². The molecule has 16 heavy (non-hydrogen) atoms. The highest BCUT2D eigenvalue weighted by Gasteiger charge is 2.05. The SMILES string of the molecule is CCCCCC(O)CSc1cccc(F)c1. The van der Waals surface area contributed by atoms with E-state index in [-0.39, 0.29) is 11.9 Å². The van der Waals surface area contributed by atoms with Gasteiger partial charge in [0, 0.05) is 10.6 Å². The Balaban J connectivity index is 2.23. The van der Waals surface area contributed by atoms with Crippen LogP contribution in [0.4, 0.5) is 4.39 Å². The van der Waals surface area contributed by atoms with E-state index in [1.165, 1.54) is 36.7 Å². The topological polar surface area (TPSA) is 20.2 Å². The largest absolute Gasteiger partial charge is 0.392 e. The van der Waals surface area contributed by atoms with Crippen LogP contribution in [-0.2, 0) is 0 Å². The monoisotopic (exact) mass is 242 g/mol. The molecular formula is C13H19FOS. The Morgan fingerprint density at radius 3 is 2.88 bits per heavy atom. The zero-order chi connectivity index (χ0) is 11.8. The van der Waals surface area contributed by atoms with Crippen LogP contribution in [0, 0.1) is 5.82 Å². The average Bonchev–Trinajstić information content (AvgIpc) is 2.27. The number of halogens is 1. The molecule has 1 nitrogen and oxygen atoms in total. The van der Waals surface area contributed by atoms with Crippen molar-refractivity contribution >= 4 is 11.8 Å². The molecule has 0 saturated carbocycles. The van der Waals surface area contributed by atoms with Crippen LogP contribution in [0.3, 0.4) is 0 Å². The highest BCUT2D eigenvalue weighted by atomic mass is 32.2. The number of aliphatic hydroxyl groups excluding tert-OH is 1. The van der Waals surface area contributed by atoms with E-state index in [0.29, 0.717) is 5.75 Å². The summed E-state index contributed by atoms with van der Waals surface area (Å²) in [5.41, 5.74) is 0. The van der Waals surface area contributed by atoms with E-state index in [0.717, 1.165) is 17.7 Å². The summed E-state index contributed by atoms with van der Waals surface area (Å²) < 4.78 is 12.9. The Bertz CT molecular complexity index is 304. The fourth-order valence-corrected chi connectivity index (χ4v) is 2.38. The third-order valence-electron chi connectivity index (χ3n) is 2.38. The quantitative estimate of drug-likeness (QED) is 0.579. The molecule has 0 radical (unpaired) electrons. The second-order valence-electron chi connectivity index (χ2n) is 3.92. The van der Waals surface area contributed by atoms with Gasteiger partial charge in [0.05, 0.1) is 6.10 Å². The minimum absolute atomic E-state index is 0.217. The van der Waals surface area contributed by atoms with Gasteiger partial charge < -0.3 is 5.11 Å². The fourth-order valence-electron chi connectivity index (χ4n) is 1.46. The van der Waals surface area contributed by atoms with Crippen LogP contribution in [0.5, 0.6) is 0 Å². The first-order chi connectivity index (χ1) is 7.72. The van der Waals surface area contributed by atoms with E-state index >= 15 is 0 Å². The van der Waals surface area contributed by atoms with Gasteiger partial charge in [-0.15, -0.1) is 11.8 Å². The number of unbranched alkanes of at least 4 members (excludes halogenated alkanes) is 2. The van der Waals surface area contributed by atoms with Crippen molar-refractivity contribution in [1.82, 2.24) is 0 Å². The van der Waals surface area contributed by atoms with Gasteiger partial charge in [-0.25, -0.2) is 4.39 Å². The number of aliphatic hydroxyl groups is 1. The third kappa shape index (κ3) is 5.52. The Morgan fingerprint density at radius 1 is 1.38 bits per heavy atom. The standard InChI is InChI=1S/C13H19FOS/c1-2-3-4-7-12(15)10-16-13-8-5-6-11(14)9-13/h5-6,8-9,12,15H,2-4,7,10H2,1H3. The maximum absolute atomic E-state index is 12.9. The van der Waals surface area contributed by atoms with Crippen LogP contribution in [0.1, 0.15) is 32.6 Å². The molecule has 1 aromatic rings. The van der Waals surface area contributed by atoms with Crippen molar-refractivity contribution in [1.29, 1.82) is 0 Å². The van der Waals surface area contributed by atoms with Crippen molar-refractivity contribution in [3.05, 3.63) is 30.1 Å². The second kappa shape index (κ2) is 7.69. The molecule has 3 heteroatoms. The van der Waals surface area contributed by atoms with E-state index in [1.807, 2.05) is 6.07 Å². The molecule has 0 saturated heterocycles. The minimum Gasteiger partial charge on any atom is -0.392 e. The summed E-state index contributed by atoms with van der Waals surface area (Å²) in [5, 5.41) is 9.69. The first kappa shape index (κ1) is 13.5. The van der Waals surface area contributed by atoms with Gasteiger partial charge in [-0.2, -0.15) is 0 Å². The summed E-state index contributed by atoms with van der Waals surface area (Å²) in [6.07, 6.45) is 3.98. The fraction of sp³-hybridized carbons (Fsp3) is 0.538. The summed E-state index contributed by atoms with van der Waals surface area (Å²) in [6.45, 7) is 2.15. The molecule has 1 unspecified atom stereocenters. The predicted octanol–water partition coefficient (Wildman–Crippen LogP) is 3.86. The molecule has 1 atom stereocenters. The number of rotatable bonds is 7. The van der Waals surface area contributed by atoms with Gasteiger partial charge in [0.2, 0.25) is 0 Å². The normalized spacial score (nSPS) is 12.7. The molecule has 0 bridgehead atoms. The molecule has 0 aliphatic rings. The highest BCUT2D eigenvalue weighted by molar-refractivity contribution is 7.99. The first-order valence-corrected chi connectivity index (χ1v) is 6.77. The molecule has 0 aromatic heterocycles. The van der Waals surface area contributed by atoms with Gasteiger partial charge in [0.25, 0.3) is 0 Å². The summed E-state index contributed by atoms with van der Waals surface area (Å²) >= 11 is 1.51. The van der Waals surface area contributed by atoms with Gasteiger partial charge in [-0.1, -0.05) is 32.3 Å². The number of thioether (sulfide) groups is 1. The molecule has 0 aliphatic carbocycles. The maximum Gasteiger partial charge on any atom is 0.124 e. The lowest BCUT2D eigenvalue weighted by molar-refractivity contribution is 0.185. The molecule has 0 aliphatic heterocycles. The summed E-state index contributed by atoms with van der Waals surface area (Å²) in [6, 6.07) is 6.50. The van der Waals surface area contributed by atoms with E-state index in [2.05, 4.69) is 6.92 Å². The molecule has 1 aromatic carbocycles. The molecule has 90 valence electrons. The number of hydrogen-bond acceptors (Lipinski definition) is 2. The summed E-state index contributed by atoms with van der Waals surface area (Å²) in [7, 11) is 0. The highest BCUT2D eigenvalue weighted by Crippen LogP contribution is 2.20. The maximum atomic E-state index is 12.9. The van der Waals surface area contributed by atoms with Crippen molar-refractivity contribution in [2.24, 2.45) is 0 Å². The Hall–Kier alpha value is -0.540. The summed E-state index contributed by atoms with van der Waals surface area (Å²) in [5.74, 6) is 0.429. The third-order valence-corrected chi connectivity index (χ3v) is 3.52. The first-order valence-electron chi connectivity index (χ1n) is 5.78. The second-order valence-corrected chi connectivity index (χ2v) is 5.01. The van der Waals surface area contributed by atoms with Crippen LogP contribution < -0.4 is 0 Å². The predicted molar refractivity (Wildman–Crippen MR) is 67.3 cm³/mol. The van der Waals surface area contributed by atoms with E-state index in [9.17, 15) is 9.50 Å². The molecular weight excluding hydrogens is 223 g/mol. The van der Waals surface area contributed by atoms with Gasteiger partial charge in [0.15, 0.2) is 0 Å². The smallest absolute Gasteiger partial charge is 0.124 e. The van der Waals surface area contributed by atoms with Crippen LogP contribution >= 0.6 is 11.8 Å². The Morgan fingerprint density at radius 2 is 2.19 bits per heavy atom. The van der Waals surface area contributed by atoms with Crippen LogP contribution in [0.15, 0.2) is 29.2 Å². The van der Waals surface area contributed by atoms with Crippen molar-refractivity contribution in [3.8, 4) is 0 Å². The molecule has 0 spiro atoms. The van der Waals surface area contributed by atoms with Crippen molar-refractivity contribution in [2.45, 2.75) is 43.6 Å². The van der Waals surface area contributed by atoms with Crippen molar-refractivity contribution < 1.29 is 9.50 Å². The van der Waals surface area contributed by atoms with Crippen molar-refractivity contribution in [3.63, 3.8) is 0 Å². The van der Waals surface area contributed by atoms with Gasteiger partial charge >= 0.3 is 0 Å². The molecule has 0 heterocycles. The van der Waals surface area contributed by atoms with Gasteiger partial charge in [-0.05, 0) is 24.6 Å². The van der Waals surface area contributed by atoms with E-state index in [4.69, 9.17) is 0 Å². The molecule has 1 rings (SSSR count). The molecule has 1 N–H and O–H groups in total. The zero-order valence-corrected chi connectivity index (χ0v) is 10.5. The number of hydrogen-bond donors (Lipinski definition) is 1.